The number of benzene rings is 1. The van der Waals surface area contributed by atoms with Gasteiger partial charge in [0.2, 0.25) is 5.95 Å². The summed E-state index contributed by atoms with van der Waals surface area (Å²) in [5.74, 6) is 1.27. The van der Waals surface area contributed by atoms with Crippen molar-refractivity contribution in [2.24, 2.45) is 0 Å². The largest absolute Gasteiger partial charge is 0.337 e. The first kappa shape index (κ1) is 18.8. The van der Waals surface area contributed by atoms with Gasteiger partial charge in [-0.1, -0.05) is 17.7 Å². The molecule has 9 heteroatoms. The SMILES string of the molecule is CCN(c1nncc(Nc2c(C)cc(C)cc2Cl)n1)C1CCS(=O)(=O)C1. The van der Waals surface area contributed by atoms with E-state index in [1.54, 1.807) is 0 Å². The number of anilines is 3. The standard InChI is InChI=1S/C17H22ClN5O2S/c1-4-23(13-5-6-26(24,25)10-13)17-21-15(9-19-22-17)20-16-12(3)7-11(2)8-14(16)18/h7-9,13H,4-6,10H2,1-3H3,(H,20,21,22). The van der Waals surface area contributed by atoms with Crippen molar-refractivity contribution in [3.05, 3.63) is 34.5 Å². The van der Waals surface area contributed by atoms with Gasteiger partial charge >= 0.3 is 0 Å². The minimum Gasteiger partial charge on any atom is -0.337 e. The van der Waals surface area contributed by atoms with Gasteiger partial charge in [-0.3, -0.25) is 0 Å². The summed E-state index contributed by atoms with van der Waals surface area (Å²) in [4.78, 5) is 6.42. The van der Waals surface area contributed by atoms with Crippen LogP contribution in [0.4, 0.5) is 17.5 Å². The molecule has 2 heterocycles. The third kappa shape index (κ3) is 4.07. The molecule has 26 heavy (non-hydrogen) atoms. The highest BCUT2D eigenvalue weighted by molar-refractivity contribution is 7.91. The summed E-state index contributed by atoms with van der Waals surface area (Å²) in [5, 5.41) is 11.9. The normalized spacial score (nSPS) is 18.7. The van der Waals surface area contributed by atoms with Crippen molar-refractivity contribution in [1.82, 2.24) is 15.2 Å². The summed E-state index contributed by atoms with van der Waals surface area (Å²) in [5.41, 5.74) is 2.86. The number of halogens is 1. The molecule has 1 aliphatic heterocycles. The predicted octanol–water partition coefficient (Wildman–Crippen LogP) is 2.90. The summed E-state index contributed by atoms with van der Waals surface area (Å²) in [7, 11) is -2.98. The van der Waals surface area contributed by atoms with E-state index >= 15 is 0 Å². The lowest BCUT2D eigenvalue weighted by Gasteiger charge is -2.26. The van der Waals surface area contributed by atoms with Crippen molar-refractivity contribution in [3.63, 3.8) is 0 Å². The molecule has 7 nitrogen and oxygen atoms in total. The Morgan fingerprint density at radius 2 is 2.12 bits per heavy atom. The van der Waals surface area contributed by atoms with Crippen LogP contribution in [0.2, 0.25) is 5.02 Å². The first-order valence-corrected chi connectivity index (χ1v) is 10.7. The van der Waals surface area contributed by atoms with Gasteiger partial charge in [0.1, 0.15) is 0 Å². The summed E-state index contributed by atoms with van der Waals surface area (Å²) in [6.07, 6.45) is 2.11. The molecule has 1 unspecified atom stereocenters. The Kier molecular flexibility index (Phi) is 5.34. The van der Waals surface area contributed by atoms with Crippen molar-refractivity contribution < 1.29 is 8.42 Å². The van der Waals surface area contributed by atoms with Crippen LogP contribution in [-0.4, -0.2) is 47.7 Å². The molecule has 0 spiro atoms. The lowest BCUT2D eigenvalue weighted by atomic mass is 10.1. The zero-order chi connectivity index (χ0) is 18.9. The van der Waals surface area contributed by atoms with Gasteiger partial charge in [-0.2, -0.15) is 10.1 Å². The van der Waals surface area contributed by atoms with Crippen molar-refractivity contribution in [3.8, 4) is 0 Å². The minimum absolute atomic E-state index is 0.119. The fraction of sp³-hybridized carbons (Fsp3) is 0.471. The Hall–Kier alpha value is -1.93. The Morgan fingerprint density at radius 1 is 1.35 bits per heavy atom. The molecule has 1 N–H and O–H groups in total. The van der Waals surface area contributed by atoms with Crippen molar-refractivity contribution in [2.45, 2.75) is 33.2 Å². The van der Waals surface area contributed by atoms with E-state index in [1.165, 1.54) is 6.20 Å². The fourth-order valence-electron chi connectivity index (χ4n) is 3.26. The molecule has 1 aromatic heterocycles. The Balaban J connectivity index is 1.86. The summed E-state index contributed by atoms with van der Waals surface area (Å²) < 4.78 is 23.6. The second-order valence-corrected chi connectivity index (χ2v) is 9.18. The molecule has 0 bridgehead atoms. The van der Waals surface area contributed by atoms with Gasteiger partial charge in [-0.25, -0.2) is 8.42 Å². The lowest BCUT2D eigenvalue weighted by molar-refractivity contribution is 0.598. The molecule has 1 fully saturated rings. The summed E-state index contributed by atoms with van der Waals surface area (Å²) in [6.45, 7) is 6.52. The number of nitrogens with zero attached hydrogens (tertiary/aromatic N) is 4. The quantitative estimate of drug-likeness (QED) is 0.832. The Morgan fingerprint density at radius 3 is 2.73 bits per heavy atom. The van der Waals surface area contributed by atoms with Gasteiger partial charge in [0.05, 0.1) is 28.4 Å². The van der Waals surface area contributed by atoms with Gasteiger partial charge in [0.15, 0.2) is 15.7 Å². The first-order chi connectivity index (χ1) is 12.3. The zero-order valence-corrected chi connectivity index (χ0v) is 16.6. The topological polar surface area (TPSA) is 88.1 Å². The number of hydrogen-bond acceptors (Lipinski definition) is 7. The molecule has 0 radical (unpaired) electrons. The van der Waals surface area contributed by atoms with Crippen LogP contribution in [0.15, 0.2) is 18.3 Å². The Labute approximate surface area is 158 Å². The van der Waals surface area contributed by atoms with Gasteiger partial charge in [-0.05, 0) is 44.4 Å². The maximum Gasteiger partial charge on any atom is 0.247 e. The monoisotopic (exact) mass is 395 g/mol. The minimum atomic E-state index is -2.98. The fourth-order valence-corrected chi connectivity index (χ4v) is 5.36. The molecular formula is C17H22ClN5O2S. The second kappa shape index (κ2) is 7.36. The molecule has 140 valence electrons. The van der Waals surface area contributed by atoms with Crippen LogP contribution in [0.3, 0.4) is 0 Å². The number of aromatic nitrogens is 3. The summed E-state index contributed by atoms with van der Waals surface area (Å²) >= 11 is 6.35. The van der Waals surface area contributed by atoms with Crippen molar-refractivity contribution >= 4 is 38.9 Å². The smallest absolute Gasteiger partial charge is 0.247 e. The highest BCUT2D eigenvalue weighted by Crippen LogP contribution is 2.30. The van der Waals surface area contributed by atoms with E-state index < -0.39 is 9.84 Å². The molecule has 0 amide bonds. The van der Waals surface area contributed by atoms with Crippen LogP contribution in [0.5, 0.6) is 0 Å². The molecule has 1 atom stereocenters. The molecular weight excluding hydrogens is 374 g/mol. The van der Waals surface area contributed by atoms with Crippen LogP contribution in [0.25, 0.3) is 0 Å². The van der Waals surface area contributed by atoms with E-state index in [2.05, 4.69) is 20.5 Å². The maximum absolute atomic E-state index is 11.8. The van der Waals surface area contributed by atoms with Gasteiger partial charge < -0.3 is 10.2 Å². The average Bonchev–Trinajstić information content (AvgIpc) is 2.92. The average molecular weight is 396 g/mol. The summed E-state index contributed by atoms with van der Waals surface area (Å²) in [6, 6.07) is 3.80. The van der Waals surface area contributed by atoms with E-state index in [0.717, 1.165) is 16.8 Å². The molecule has 0 saturated carbocycles. The zero-order valence-electron chi connectivity index (χ0n) is 15.0. The number of aryl methyl sites for hydroxylation is 2. The third-order valence-corrected chi connectivity index (χ3v) is 6.53. The first-order valence-electron chi connectivity index (χ1n) is 8.49. The van der Waals surface area contributed by atoms with Crippen LogP contribution in [0, 0.1) is 13.8 Å². The van der Waals surface area contributed by atoms with E-state index in [4.69, 9.17) is 11.6 Å². The number of sulfone groups is 1. The van der Waals surface area contributed by atoms with Crippen LogP contribution in [0.1, 0.15) is 24.5 Å². The molecule has 2 aromatic rings. The van der Waals surface area contributed by atoms with E-state index in [1.807, 2.05) is 37.8 Å². The molecule has 0 aliphatic carbocycles. The van der Waals surface area contributed by atoms with E-state index in [9.17, 15) is 8.42 Å². The maximum atomic E-state index is 11.8. The molecule has 1 aromatic carbocycles. The van der Waals surface area contributed by atoms with Gasteiger partial charge in [0.25, 0.3) is 0 Å². The van der Waals surface area contributed by atoms with Gasteiger partial charge in [-0.15, -0.1) is 5.10 Å². The lowest BCUT2D eigenvalue weighted by Crippen LogP contribution is -2.37. The van der Waals surface area contributed by atoms with Crippen LogP contribution >= 0.6 is 11.6 Å². The van der Waals surface area contributed by atoms with Gasteiger partial charge in [0, 0.05) is 12.6 Å². The van der Waals surface area contributed by atoms with Crippen LogP contribution in [-0.2, 0) is 9.84 Å². The van der Waals surface area contributed by atoms with E-state index in [0.29, 0.717) is 29.8 Å². The number of hydrogen-bond donors (Lipinski definition) is 1. The highest BCUT2D eigenvalue weighted by atomic mass is 35.5. The van der Waals surface area contributed by atoms with E-state index in [-0.39, 0.29) is 17.5 Å². The third-order valence-electron chi connectivity index (χ3n) is 4.48. The molecule has 1 aliphatic rings. The van der Waals surface area contributed by atoms with Crippen LogP contribution < -0.4 is 10.2 Å². The second-order valence-electron chi connectivity index (χ2n) is 6.55. The van der Waals surface area contributed by atoms with Crippen molar-refractivity contribution in [1.29, 1.82) is 0 Å². The number of nitrogens with one attached hydrogen (secondary N) is 1. The molecule has 3 rings (SSSR count). The number of rotatable bonds is 5. The predicted molar refractivity (Wildman–Crippen MR) is 104 cm³/mol. The Bertz CT molecular complexity index is 896. The van der Waals surface area contributed by atoms with Crippen molar-refractivity contribution in [2.75, 3.05) is 28.3 Å². The molecule has 1 saturated heterocycles. The highest BCUT2D eigenvalue weighted by Gasteiger charge is 2.33.